The molecule has 0 aromatic heterocycles. The smallest absolute Gasteiger partial charge is 0.162 e. The molecule has 0 heterocycles. The van der Waals surface area contributed by atoms with Crippen molar-refractivity contribution in [3.8, 4) is 11.5 Å². The highest BCUT2D eigenvalue weighted by Crippen LogP contribution is 2.23. The second kappa shape index (κ2) is 6.09. The van der Waals surface area contributed by atoms with Crippen LogP contribution >= 0.6 is 0 Å². The molecule has 0 atom stereocenters. The SMILES string of the molecule is O=CCCc1ccc(Oc2ccc(F)c(F)c2)cc1. The maximum Gasteiger partial charge on any atom is 0.162 e. The summed E-state index contributed by atoms with van der Waals surface area (Å²) in [7, 11) is 0. The number of hydrogen-bond donors (Lipinski definition) is 0. The second-order valence-electron chi connectivity index (χ2n) is 4.03. The topological polar surface area (TPSA) is 26.3 Å². The first kappa shape index (κ1) is 13.2. The molecule has 0 unspecified atom stereocenters. The van der Waals surface area contributed by atoms with Crippen molar-refractivity contribution in [3.05, 3.63) is 59.7 Å². The molecule has 0 saturated heterocycles. The van der Waals surface area contributed by atoms with Crippen LogP contribution in [-0.4, -0.2) is 6.29 Å². The normalized spacial score (nSPS) is 10.2. The molecule has 0 aliphatic carbocycles. The lowest BCUT2D eigenvalue weighted by Crippen LogP contribution is -1.89. The quantitative estimate of drug-likeness (QED) is 0.764. The van der Waals surface area contributed by atoms with Crippen molar-refractivity contribution in [3.63, 3.8) is 0 Å². The average molecular weight is 262 g/mol. The van der Waals surface area contributed by atoms with Crippen molar-refractivity contribution in [2.45, 2.75) is 12.8 Å². The van der Waals surface area contributed by atoms with Crippen molar-refractivity contribution in [1.82, 2.24) is 0 Å². The number of aryl methyl sites for hydroxylation is 1. The summed E-state index contributed by atoms with van der Waals surface area (Å²) in [6.07, 6.45) is 2.02. The highest BCUT2D eigenvalue weighted by Gasteiger charge is 2.04. The number of ether oxygens (including phenoxy) is 1. The highest BCUT2D eigenvalue weighted by atomic mass is 19.2. The Bertz CT molecular complexity index is 565. The molecule has 0 aliphatic heterocycles. The molecule has 0 fully saturated rings. The summed E-state index contributed by atoms with van der Waals surface area (Å²) in [6.45, 7) is 0. The Morgan fingerprint density at radius 3 is 2.26 bits per heavy atom. The molecular weight excluding hydrogens is 250 g/mol. The molecule has 0 spiro atoms. The molecule has 2 rings (SSSR count). The Balaban J connectivity index is 2.06. The zero-order valence-electron chi connectivity index (χ0n) is 10.1. The summed E-state index contributed by atoms with van der Waals surface area (Å²) in [5, 5.41) is 0. The standard InChI is InChI=1S/C15H12F2O2/c16-14-8-7-13(10-15(14)17)19-12-5-3-11(4-6-12)2-1-9-18/h3-10H,1-2H2. The first-order chi connectivity index (χ1) is 9.19. The van der Waals surface area contributed by atoms with Crippen LogP contribution in [0.3, 0.4) is 0 Å². The monoisotopic (exact) mass is 262 g/mol. The van der Waals surface area contributed by atoms with Crippen LogP contribution in [0, 0.1) is 11.6 Å². The molecule has 98 valence electrons. The molecule has 0 aliphatic rings. The third-order valence-corrected chi connectivity index (χ3v) is 2.60. The number of rotatable bonds is 5. The van der Waals surface area contributed by atoms with E-state index >= 15 is 0 Å². The van der Waals surface area contributed by atoms with Gasteiger partial charge in [-0.2, -0.15) is 0 Å². The Kier molecular flexibility index (Phi) is 4.23. The van der Waals surface area contributed by atoms with Crippen molar-refractivity contribution < 1.29 is 18.3 Å². The fourth-order valence-corrected chi connectivity index (χ4v) is 1.63. The van der Waals surface area contributed by atoms with E-state index in [4.69, 9.17) is 4.74 Å². The van der Waals surface area contributed by atoms with Crippen molar-refractivity contribution in [2.24, 2.45) is 0 Å². The predicted molar refractivity (Wildman–Crippen MR) is 67.3 cm³/mol. The van der Waals surface area contributed by atoms with Gasteiger partial charge in [-0.1, -0.05) is 12.1 Å². The number of hydrogen-bond acceptors (Lipinski definition) is 2. The lowest BCUT2D eigenvalue weighted by Gasteiger charge is -2.06. The van der Waals surface area contributed by atoms with Crippen LogP contribution < -0.4 is 4.74 Å². The minimum Gasteiger partial charge on any atom is -0.457 e. The number of carbonyl (C=O) groups is 1. The van der Waals surface area contributed by atoms with Crippen molar-refractivity contribution in [1.29, 1.82) is 0 Å². The fraction of sp³-hybridized carbons (Fsp3) is 0.133. The van der Waals surface area contributed by atoms with Crippen LogP contribution in [0.25, 0.3) is 0 Å². The van der Waals surface area contributed by atoms with Crippen LogP contribution in [0.15, 0.2) is 42.5 Å². The Hall–Kier alpha value is -2.23. The molecule has 0 bridgehead atoms. The Labute approximate surface area is 109 Å². The van der Waals surface area contributed by atoms with Crippen LogP contribution in [0.2, 0.25) is 0 Å². The van der Waals surface area contributed by atoms with E-state index in [1.165, 1.54) is 6.07 Å². The maximum absolute atomic E-state index is 13.0. The largest absolute Gasteiger partial charge is 0.457 e. The second-order valence-corrected chi connectivity index (χ2v) is 4.03. The molecule has 0 N–H and O–H groups in total. The van der Waals surface area contributed by atoms with Crippen LogP contribution in [0.5, 0.6) is 11.5 Å². The van der Waals surface area contributed by atoms with Gasteiger partial charge in [-0.3, -0.25) is 0 Å². The number of halogens is 2. The minimum atomic E-state index is -0.944. The molecule has 2 aromatic carbocycles. The van der Waals surface area contributed by atoms with E-state index in [0.717, 1.165) is 24.0 Å². The van der Waals surface area contributed by atoms with E-state index in [0.29, 0.717) is 18.6 Å². The molecule has 2 nitrogen and oxygen atoms in total. The van der Waals surface area contributed by atoms with E-state index in [9.17, 15) is 13.6 Å². The molecule has 2 aromatic rings. The molecule has 4 heteroatoms. The summed E-state index contributed by atoms with van der Waals surface area (Å²) in [5.41, 5.74) is 1.02. The van der Waals surface area contributed by atoms with E-state index < -0.39 is 11.6 Å². The maximum atomic E-state index is 13.0. The molecule has 0 radical (unpaired) electrons. The van der Waals surface area contributed by atoms with Crippen LogP contribution in [-0.2, 0) is 11.2 Å². The highest BCUT2D eigenvalue weighted by molar-refractivity contribution is 5.50. The van der Waals surface area contributed by atoms with Gasteiger partial charge in [0.05, 0.1) is 0 Å². The Morgan fingerprint density at radius 2 is 1.63 bits per heavy atom. The predicted octanol–water partition coefficient (Wildman–Crippen LogP) is 3.89. The fourth-order valence-electron chi connectivity index (χ4n) is 1.63. The third-order valence-electron chi connectivity index (χ3n) is 2.60. The van der Waals surface area contributed by atoms with E-state index in [1.807, 2.05) is 12.1 Å². The summed E-state index contributed by atoms with van der Waals surface area (Å²) < 4.78 is 31.1. The molecule has 0 amide bonds. The van der Waals surface area contributed by atoms with Crippen molar-refractivity contribution >= 4 is 6.29 Å². The van der Waals surface area contributed by atoms with Gasteiger partial charge in [-0.25, -0.2) is 8.78 Å². The molecule has 19 heavy (non-hydrogen) atoms. The van der Waals surface area contributed by atoms with Gasteiger partial charge in [-0.15, -0.1) is 0 Å². The summed E-state index contributed by atoms with van der Waals surface area (Å²) in [6, 6.07) is 10.5. The third kappa shape index (κ3) is 3.61. The average Bonchev–Trinajstić information content (AvgIpc) is 2.42. The van der Waals surface area contributed by atoms with Crippen molar-refractivity contribution in [2.75, 3.05) is 0 Å². The zero-order chi connectivity index (χ0) is 13.7. The first-order valence-corrected chi connectivity index (χ1v) is 5.84. The summed E-state index contributed by atoms with van der Waals surface area (Å²) >= 11 is 0. The lowest BCUT2D eigenvalue weighted by atomic mass is 10.1. The summed E-state index contributed by atoms with van der Waals surface area (Å²) in [5.74, 6) is -1.09. The lowest BCUT2D eigenvalue weighted by molar-refractivity contribution is -0.107. The van der Waals surface area contributed by atoms with E-state index in [2.05, 4.69) is 0 Å². The van der Waals surface area contributed by atoms with Gasteiger partial charge in [0.2, 0.25) is 0 Å². The van der Waals surface area contributed by atoms with Gasteiger partial charge in [-0.05, 0) is 36.2 Å². The summed E-state index contributed by atoms with van der Waals surface area (Å²) in [4.78, 5) is 10.3. The van der Waals surface area contributed by atoms with Gasteiger partial charge < -0.3 is 9.53 Å². The Morgan fingerprint density at radius 1 is 0.947 bits per heavy atom. The first-order valence-electron chi connectivity index (χ1n) is 5.84. The van der Waals surface area contributed by atoms with E-state index in [-0.39, 0.29) is 5.75 Å². The van der Waals surface area contributed by atoms with Gasteiger partial charge in [0.15, 0.2) is 11.6 Å². The number of aldehydes is 1. The number of benzene rings is 2. The minimum absolute atomic E-state index is 0.236. The molecular formula is C15H12F2O2. The van der Waals surface area contributed by atoms with Gasteiger partial charge in [0.1, 0.15) is 17.8 Å². The number of carbonyl (C=O) groups excluding carboxylic acids is 1. The van der Waals surface area contributed by atoms with Gasteiger partial charge in [0, 0.05) is 12.5 Å². The van der Waals surface area contributed by atoms with Gasteiger partial charge >= 0.3 is 0 Å². The van der Waals surface area contributed by atoms with Crippen LogP contribution in [0.4, 0.5) is 8.78 Å². The van der Waals surface area contributed by atoms with Crippen LogP contribution in [0.1, 0.15) is 12.0 Å². The zero-order valence-corrected chi connectivity index (χ0v) is 10.1. The van der Waals surface area contributed by atoms with Gasteiger partial charge in [0.25, 0.3) is 0 Å². The van der Waals surface area contributed by atoms with E-state index in [1.54, 1.807) is 12.1 Å². The molecule has 0 saturated carbocycles.